The largest absolute Gasteiger partial charge is 0.395 e. The van der Waals surface area contributed by atoms with Crippen molar-refractivity contribution in [3.63, 3.8) is 0 Å². The Morgan fingerprint density at radius 3 is 3.00 bits per heavy atom. The first-order valence-electron chi connectivity index (χ1n) is 7.29. The van der Waals surface area contributed by atoms with E-state index in [1.807, 2.05) is 36.7 Å². The van der Waals surface area contributed by atoms with Gasteiger partial charge in [-0.15, -0.1) is 0 Å². The molecular formula is C16H18N6S. The molecule has 0 aliphatic carbocycles. The van der Waals surface area contributed by atoms with Crippen molar-refractivity contribution in [2.45, 2.75) is 13.3 Å². The van der Waals surface area contributed by atoms with E-state index >= 15 is 0 Å². The first kappa shape index (κ1) is 15.4. The molecule has 4 N–H and O–H groups in total. The molecule has 0 unspecified atom stereocenters. The highest BCUT2D eigenvalue weighted by Gasteiger charge is 2.13. The number of nitrogens with zero attached hydrogens (tertiary/aromatic N) is 3. The van der Waals surface area contributed by atoms with Gasteiger partial charge in [0.15, 0.2) is 0 Å². The number of nitrogens with two attached hydrogens (primary N) is 1. The lowest BCUT2D eigenvalue weighted by Gasteiger charge is -2.09. The molecular weight excluding hydrogens is 308 g/mol. The van der Waals surface area contributed by atoms with Crippen molar-refractivity contribution in [1.29, 1.82) is 0 Å². The highest BCUT2D eigenvalue weighted by atomic mass is 32.2. The Kier molecular flexibility index (Phi) is 4.77. The van der Waals surface area contributed by atoms with E-state index in [0.29, 0.717) is 17.3 Å². The minimum atomic E-state index is 0.572. The van der Waals surface area contributed by atoms with Crippen molar-refractivity contribution in [1.82, 2.24) is 20.3 Å². The fraction of sp³-hybridized carbons (Fsp3) is 0.188. The summed E-state index contributed by atoms with van der Waals surface area (Å²) >= 11 is 1.57. The first-order valence-corrected chi connectivity index (χ1v) is 8.17. The van der Waals surface area contributed by atoms with Crippen molar-refractivity contribution in [3.05, 3.63) is 64.2 Å². The van der Waals surface area contributed by atoms with E-state index < -0.39 is 0 Å². The van der Waals surface area contributed by atoms with Crippen LogP contribution in [0.15, 0.2) is 52.9 Å². The summed E-state index contributed by atoms with van der Waals surface area (Å²) in [6, 6.07) is 5.79. The second-order valence-corrected chi connectivity index (χ2v) is 5.97. The van der Waals surface area contributed by atoms with Crippen LogP contribution in [0, 0.1) is 0 Å². The number of thioether (sulfide) groups is 1. The molecule has 23 heavy (non-hydrogen) atoms. The highest BCUT2D eigenvalue weighted by molar-refractivity contribution is 8.06. The van der Waals surface area contributed by atoms with Crippen LogP contribution in [-0.4, -0.2) is 21.5 Å². The lowest BCUT2D eigenvalue weighted by molar-refractivity contribution is 0.970. The number of hydrogen-bond donors (Lipinski definition) is 3. The number of aromatic nitrogens is 3. The van der Waals surface area contributed by atoms with Gasteiger partial charge in [-0.25, -0.2) is 9.97 Å². The molecule has 1 aliphatic heterocycles. The van der Waals surface area contributed by atoms with Crippen LogP contribution in [0.1, 0.15) is 18.2 Å². The lowest BCUT2D eigenvalue weighted by Crippen LogP contribution is -2.13. The summed E-state index contributed by atoms with van der Waals surface area (Å²) in [5.74, 6) is 0.572. The predicted molar refractivity (Wildman–Crippen MR) is 94.1 cm³/mol. The Labute approximate surface area is 139 Å². The molecule has 2 aromatic heterocycles. The van der Waals surface area contributed by atoms with Gasteiger partial charge in [0, 0.05) is 30.8 Å². The van der Waals surface area contributed by atoms with Crippen LogP contribution in [-0.2, 0) is 6.42 Å². The van der Waals surface area contributed by atoms with Gasteiger partial charge in [-0.1, -0.05) is 17.8 Å². The van der Waals surface area contributed by atoms with E-state index in [2.05, 4.69) is 25.6 Å². The van der Waals surface area contributed by atoms with Gasteiger partial charge in [-0.3, -0.25) is 4.98 Å². The summed E-state index contributed by atoms with van der Waals surface area (Å²) in [6.45, 7) is 2.73. The Morgan fingerprint density at radius 2 is 2.26 bits per heavy atom. The minimum absolute atomic E-state index is 0.572. The standard InChI is InChI=1S/C16H18N6S/c1-11-10-23-15(21-11)14(17)13-5-8-20-16(22-13)19-7-4-12-3-2-6-18-9-12/h2-3,5-6,8-10,21H,4,7,17H2,1H3,(H,19,20,22)/b15-14+. The quantitative estimate of drug-likeness (QED) is 0.777. The maximum atomic E-state index is 6.19. The fourth-order valence-corrected chi connectivity index (χ4v) is 2.90. The molecule has 3 rings (SSSR count). The molecule has 0 fully saturated rings. The van der Waals surface area contributed by atoms with Crippen LogP contribution >= 0.6 is 11.8 Å². The second kappa shape index (κ2) is 7.15. The van der Waals surface area contributed by atoms with Crippen LogP contribution in [0.25, 0.3) is 5.70 Å². The van der Waals surface area contributed by atoms with Gasteiger partial charge >= 0.3 is 0 Å². The Morgan fingerprint density at radius 1 is 1.35 bits per heavy atom. The molecule has 0 saturated heterocycles. The second-order valence-electron chi connectivity index (χ2n) is 5.09. The Hall–Kier alpha value is -2.54. The highest BCUT2D eigenvalue weighted by Crippen LogP contribution is 2.28. The van der Waals surface area contributed by atoms with Gasteiger partial charge in [0.2, 0.25) is 5.95 Å². The summed E-state index contributed by atoms with van der Waals surface area (Å²) in [6.07, 6.45) is 6.20. The van der Waals surface area contributed by atoms with Crippen molar-refractivity contribution < 1.29 is 0 Å². The Bertz CT molecular complexity index is 741. The maximum Gasteiger partial charge on any atom is 0.223 e. The molecule has 0 saturated carbocycles. The van der Waals surface area contributed by atoms with Gasteiger partial charge in [-0.2, -0.15) is 0 Å². The molecule has 0 atom stereocenters. The first-order chi connectivity index (χ1) is 11.2. The molecule has 118 valence electrons. The molecule has 0 radical (unpaired) electrons. The van der Waals surface area contributed by atoms with Gasteiger partial charge in [0.25, 0.3) is 0 Å². The zero-order valence-corrected chi connectivity index (χ0v) is 13.6. The summed E-state index contributed by atoms with van der Waals surface area (Å²) in [7, 11) is 0. The van der Waals surface area contributed by atoms with Crippen molar-refractivity contribution in [2.24, 2.45) is 5.73 Å². The molecule has 0 spiro atoms. The molecule has 1 aliphatic rings. The monoisotopic (exact) mass is 326 g/mol. The van der Waals surface area contributed by atoms with E-state index in [-0.39, 0.29) is 0 Å². The third-order valence-corrected chi connectivity index (χ3v) is 4.29. The number of hydrogen-bond acceptors (Lipinski definition) is 7. The number of pyridine rings is 1. The Balaban J connectivity index is 1.64. The van der Waals surface area contributed by atoms with Crippen LogP contribution in [0.4, 0.5) is 5.95 Å². The van der Waals surface area contributed by atoms with Crippen molar-refractivity contribution in [3.8, 4) is 0 Å². The number of anilines is 1. The van der Waals surface area contributed by atoms with Gasteiger partial charge in [-0.05, 0) is 36.4 Å². The summed E-state index contributed by atoms with van der Waals surface area (Å²) in [4.78, 5) is 12.8. The smallest absolute Gasteiger partial charge is 0.223 e. The van der Waals surface area contributed by atoms with Gasteiger partial charge in [0.05, 0.1) is 11.4 Å². The lowest BCUT2D eigenvalue weighted by atomic mass is 10.2. The SMILES string of the molecule is CC1=CS/C(=C(/N)c2ccnc(NCCc3cccnc3)n2)N1. The van der Waals surface area contributed by atoms with Crippen LogP contribution < -0.4 is 16.4 Å². The number of allylic oxidation sites excluding steroid dienone is 1. The molecule has 6 nitrogen and oxygen atoms in total. The maximum absolute atomic E-state index is 6.19. The van der Waals surface area contributed by atoms with E-state index in [1.165, 1.54) is 5.56 Å². The number of nitrogens with one attached hydrogen (secondary N) is 2. The minimum Gasteiger partial charge on any atom is -0.395 e. The van der Waals surface area contributed by atoms with E-state index in [9.17, 15) is 0 Å². The van der Waals surface area contributed by atoms with Gasteiger partial charge < -0.3 is 16.4 Å². The van der Waals surface area contributed by atoms with Crippen LogP contribution in [0.3, 0.4) is 0 Å². The average Bonchev–Trinajstić information content (AvgIpc) is 3.02. The third-order valence-electron chi connectivity index (χ3n) is 3.26. The molecule has 0 bridgehead atoms. The summed E-state index contributed by atoms with van der Waals surface area (Å²) in [5, 5.41) is 9.38. The topological polar surface area (TPSA) is 88.8 Å². The van der Waals surface area contributed by atoms with Crippen molar-refractivity contribution >= 4 is 23.4 Å². The summed E-state index contributed by atoms with van der Waals surface area (Å²) < 4.78 is 0. The van der Waals surface area contributed by atoms with Crippen LogP contribution in [0.2, 0.25) is 0 Å². The van der Waals surface area contributed by atoms with E-state index in [1.54, 1.807) is 24.2 Å². The molecule has 0 aromatic carbocycles. The summed E-state index contributed by atoms with van der Waals surface area (Å²) in [5.41, 5.74) is 9.78. The molecule has 7 heteroatoms. The normalized spacial score (nSPS) is 15.8. The average molecular weight is 326 g/mol. The molecule has 2 aromatic rings. The number of rotatable bonds is 5. The molecule has 3 heterocycles. The third kappa shape index (κ3) is 4.01. The van der Waals surface area contributed by atoms with Gasteiger partial charge in [0.1, 0.15) is 5.03 Å². The zero-order valence-electron chi connectivity index (χ0n) is 12.8. The molecule has 0 amide bonds. The zero-order chi connectivity index (χ0) is 16.1. The van der Waals surface area contributed by atoms with Crippen LogP contribution in [0.5, 0.6) is 0 Å². The predicted octanol–water partition coefficient (Wildman–Crippen LogP) is 2.31. The van der Waals surface area contributed by atoms with E-state index in [4.69, 9.17) is 5.73 Å². The fourth-order valence-electron chi connectivity index (χ4n) is 2.09. The van der Waals surface area contributed by atoms with E-state index in [0.717, 1.165) is 23.7 Å². The van der Waals surface area contributed by atoms with Crippen molar-refractivity contribution in [2.75, 3.05) is 11.9 Å².